The predicted molar refractivity (Wildman–Crippen MR) is 60.1 cm³/mol. The number of carbonyl (C=O) groups is 1. The summed E-state index contributed by atoms with van der Waals surface area (Å²) in [4.78, 5) is 10.9. The number of halogens is 2. The van der Waals surface area contributed by atoms with Gasteiger partial charge in [-0.15, -0.1) is 0 Å². The minimum atomic E-state index is -0.447. The van der Waals surface area contributed by atoms with Gasteiger partial charge in [-0.2, -0.15) is 5.26 Å². The summed E-state index contributed by atoms with van der Waals surface area (Å²) in [6.45, 7) is 1.46. The van der Waals surface area contributed by atoms with Gasteiger partial charge in [-0.25, -0.2) is 0 Å². The number of nitriles is 1. The zero-order valence-corrected chi connectivity index (χ0v) is 9.64. The lowest BCUT2D eigenvalue weighted by atomic mass is 9.96. The molecule has 0 aliphatic rings. The van der Waals surface area contributed by atoms with Crippen LogP contribution in [0.4, 0.5) is 0 Å². The van der Waals surface area contributed by atoms with Gasteiger partial charge >= 0.3 is 0 Å². The van der Waals surface area contributed by atoms with Crippen molar-refractivity contribution in [2.75, 3.05) is 0 Å². The SMILES string of the molecule is CC(=O)CC(C#N)c1ccc(Cl)c(Cl)c1. The van der Waals surface area contributed by atoms with Crippen LogP contribution in [-0.2, 0) is 4.79 Å². The third-order valence-electron chi connectivity index (χ3n) is 1.99. The molecule has 0 aliphatic carbocycles. The van der Waals surface area contributed by atoms with Gasteiger partial charge in [-0.1, -0.05) is 29.3 Å². The molecule has 1 aromatic carbocycles. The smallest absolute Gasteiger partial charge is 0.131 e. The number of Topliss-reactive ketones (excluding diaryl/α,β-unsaturated/α-hetero) is 1. The second kappa shape index (κ2) is 5.16. The maximum atomic E-state index is 10.9. The Morgan fingerprint density at radius 2 is 2.13 bits per heavy atom. The topological polar surface area (TPSA) is 40.9 Å². The van der Waals surface area contributed by atoms with Gasteiger partial charge in [0, 0.05) is 6.42 Å². The quantitative estimate of drug-likeness (QED) is 0.812. The van der Waals surface area contributed by atoms with Gasteiger partial charge in [0.2, 0.25) is 0 Å². The summed E-state index contributed by atoms with van der Waals surface area (Å²) < 4.78 is 0. The van der Waals surface area contributed by atoms with Crippen LogP contribution in [0.15, 0.2) is 18.2 Å². The number of benzene rings is 1. The van der Waals surface area contributed by atoms with Gasteiger partial charge in [0.15, 0.2) is 0 Å². The minimum absolute atomic E-state index is 0.0207. The molecule has 0 fully saturated rings. The highest BCUT2D eigenvalue weighted by Gasteiger charge is 2.14. The number of rotatable bonds is 3. The van der Waals surface area contributed by atoms with Crippen molar-refractivity contribution in [3.05, 3.63) is 33.8 Å². The molecule has 0 radical (unpaired) electrons. The summed E-state index contributed by atoms with van der Waals surface area (Å²) in [5, 5.41) is 9.76. The van der Waals surface area contributed by atoms with Crippen LogP contribution in [0.1, 0.15) is 24.8 Å². The van der Waals surface area contributed by atoms with Crippen molar-refractivity contribution in [3.8, 4) is 6.07 Å². The summed E-state index contributed by atoms with van der Waals surface area (Å²) in [6, 6.07) is 7.04. The first-order chi connectivity index (χ1) is 7.04. The van der Waals surface area contributed by atoms with Crippen LogP contribution in [0.2, 0.25) is 10.0 Å². The maximum Gasteiger partial charge on any atom is 0.131 e. The standard InChI is InChI=1S/C11H9Cl2NO/c1-7(15)4-9(6-14)8-2-3-10(12)11(13)5-8/h2-3,5,9H,4H2,1H3. The van der Waals surface area contributed by atoms with E-state index in [0.717, 1.165) is 5.56 Å². The third kappa shape index (κ3) is 3.23. The second-order valence-electron chi connectivity index (χ2n) is 3.26. The Kier molecular flexibility index (Phi) is 4.14. The van der Waals surface area contributed by atoms with E-state index in [2.05, 4.69) is 6.07 Å². The number of carbonyl (C=O) groups excluding carboxylic acids is 1. The molecule has 4 heteroatoms. The summed E-state index contributed by atoms with van der Waals surface area (Å²) in [7, 11) is 0. The first kappa shape index (κ1) is 12.0. The lowest BCUT2D eigenvalue weighted by molar-refractivity contribution is -0.117. The highest BCUT2D eigenvalue weighted by atomic mass is 35.5. The van der Waals surface area contributed by atoms with Gasteiger partial charge in [0.25, 0.3) is 0 Å². The Morgan fingerprint density at radius 3 is 2.60 bits per heavy atom. The van der Waals surface area contributed by atoms with Crippen LogP contribution >= 0.6 is 23.2 Å². The van der Waals surface area contributed by atoms with Crippen LogP contribution < -0.4 is 0 Å². The molecule has 2 nitrogen and oxygen atoms in total. The normalized spacial score (nSPS) is 11.9. The van der Waals surface area contributed by atoms with Gasteiger partial charge in [0.05, 0.1) is 22.0 Å². The molecule has 1 unspecified atom stereocenters. The first-order valence-electron chi connectivity index (χ1n) is 4.38. The van der Waals surface area contributed by atoms with Crippen molar-refractivity contribution in [2.24, 2.45) is 0 Å². The van der Waals surface area contributed by atoms with Crippen molar-refractivity contribution < 1.29 is 4.79 Å². The van der Waals surface area contributed by atoms with Gasteiger partial charge < -0.3 is 0 Å². The Hall–Kier alpha value is -1.04. The van der Waals surface area contributed by atoms with Crippen LogP contribution in [0.25, 0.3) is 0 Å². The van der Waals surface area contributed by atoms with Crippen LogP contribution in [0, 0.1) is 11.3 Å². The molecule has 0 aliphatic heterocycles. The molecule has 0 spiro atoms. The van der Waals surface area contributed by atoms with Crippen molar-refractivity contribution in [1.82, 2.24) is 0 Å². The molecule has 0 heterocycles. The van der Waals surface area contributed by atoms with Crippen molar-refractivity contribution in [3.63, 3.8) is 0 Å². The van der Waals surface area contributed by atoms with Crippen LogP contribution in [-0.4, -0.2) is 5.78 Å². The Morgan fingerprint density at radius 1 is 1.47 bits per heavy atom. The van der Waals surface area contributed by atoms with Crippen molar-refractivity contribution in [1.29, 1.82) is 5.26 Å². The lowest BCUT2D eigenvalue weighted by Gasteiger charge is -2.08. The van der Waals surface area contributed by atoms with E-state index in [1.165, 1.54) is 6.92 Å². The van der Waals surface area contributed by atoms with E-state index >= 15 is 0 Å². The Balaban J connectivity index is 2.98. The Bertz CT molecular complexity index is 423. The van der Waals surface area contributed by atoms with Gasteiger partial charge in [-0.05, 0) is 24.6 Å². The minimum Gasteiger partial charge on any atom is -0.300 e. The highest BCUT2D eigenvalue weighted by Crippen LogP contribution is 2.27. The number of ketones is 1. The van der Waals surface area contributed by atoms with Crippen molar-refractivity contribution in [2.45, 2.75) is 19.3 Å². The molecule has 1 atom stereocenters. The van der Waals surface area contributed by atoms with Gasteiger partial charge in [0.1, 0.15) is 5.78 Å². The molecule has 78 valence electrons. The fraction of sp³-hybridized carbons (Fsp3) is 0.273. The molecular formula is C11H9Cl2NO. The summed E-state index contributed by atoms with van der Waals surface area (Å²) in [5.41, 5.74) is 0.724. The number of hydrogen-bond acceptors (Lipinski definition) is 2. The van der Waals surface area contributed by atoms with Crippen LogP contribution in [0.3, 0.4) is 0 Å². The average Bonchev–Trinajstić information content (AvgIpc) is 2.18. The molecule has 1 aromatic rings. The zero-order valence-electron chi connectivity index (χ0n) is 8.13. The van der Waals surface area contributed by atoms with E-state index in [0.29, 0.717) is 10.0 Å². The fourth-order valence-corrected chi connectivity index (χ4v) is 1.56. The van der Waals surface area contributed by atoms with E-state index in [1.807, 2.05) is 0 Å². The Labute approximate surface area is 98.4 Å². The lowest BCUT2D eigenvalue weighted by Crippen LogP contribution is -2.01. The largest absolute Gasteiger partial charge is 0.300 e. The molecule has 0 bridgehead atoms. The predicted octanol–water partition coefficient (Wildman–Crippen LogP) is 3.58. The van der Waals surface area contributed by atoms with E-state index < -0.39 is 5.92 Å². The molecule has 0 aromatic heterocycles. The first-order valence-corrected chi connectivity index (χ1v) is 5.14. The highest BCUT2D eigenvalue weighted by molar-refractivity contribution is 6.42. The third-order valence-corrected chi connectivity index (χ3v) is 2.73. The summed E-state index contributed by atoms with van der Waals surface area (Å²) >= 11 is 11.6. The average molecular weight is 242 g/mol. The molecule has 0 saturated heterocycles. The number of hydrogen-bond donors (Lipinski definition) is 0. The van der Waals surface area contributed by atoms with Crippen molar-refractivity contribution >= 4 is 29.0 Å². The van der Waals surface area contributed by atoms with Crippen LogP contribution in [0.5, 0.6) is 0 Å². The fourth-order valence-electron chi connectivity index (χ4n) is 1.25. The van der Waals surface area contributed by atoms with E-state index in [9.17, 15) is 4.79 Å². The second-order valence-corrected chi connectivity index (χ2v) is 4.08. The van der Waals surface area contributed by atoms with E-state index in [-0.39, 0.29) is 12.2 Å². The summed E-state index contributed by atoms with van der Waals surface area (Å²) in [5.74, 6) is -0.468. The zero-order chi connectivity index (χ0) is 11.4. The van der Waals surface area contributed by atoms with E-state index in [4.69, 9.17) is 28.5 Å². The van der Waals surface area contributed by atoms with E-state index in [1.54, 1.807) is 18.2 Å². The van der Waals surface area contributed by atoms with Gasteiger partial charge in [-0.3, -0.25) is 4.79 Å². The molecule has 1 rings (SSSR count). The number of nitrogens with zero attached hydrogens (tertiary/aromatic N) is 1. The monoisotopic (exact) mass is 241 g/mol. The molecule has 0 saturated carbocycles. The molecule has 0 N–H and O–H groups in total. The molecule has 0 amide bonds. The summed E-state index contributed by atoms with van der Waals surface area (Å²) in [6.07, 6.45) is 0.203. The molecular weight excluding hydrogens is 233 g/mol. The maximum absolute atomic E-state index is 10.9. The molecule has 15 heavy (non-hydrogen) atoms.